The third-order valence-electron chi connectivity index (χ3n) is 3.63. The number of alkyl halides is 1. The lowest BCUT2D eigenvalue weighted by molar-refractivity contribution is 0.135. The summed E-state index contributed by atoms with van der Waals surface area (Å²) in [6, 6.07) is 8.47. The van der Waals surface area contributed by atoms with Gasteiger partial charge in [-0.2, -0.15) is 0 Å². The number of likely N-dealkylation sites (tertiary alicyclic amines) is 1. The molecule has 1 unspecified atom stereocenters. The summed E-state index contributed by atoms with van der Waals surface area (Å²) in [6.07, 6.45) is 3.94. The van der Waals surface area contributed by atoms with Crippen LogP contribution in [0.3, 0.4) is 0 Å². The first kappa shape index (κ1) is 14.7. The molecule has 2 rings (SSSR count). The average molecular weight is 328 g/mol. The van der Waals surface area contributed by atoms with Crippen molar-refractivity contribution in [2.75, 3.05) is 32.1 Å². The lowest BCUT2D eigenvalue weighted by atomic mass is 10.0. The minimum Gasteiger partial charge on any atom is -0.493 e. The molecule has 1 aromatic rings. The van der Waals surface area contributed by atoms with Gasteiger partial charge in [-0.1, -0.05) is 34.5 Å². The van der Waals surface area contributed by atoms with Crippen LogP contribution < -0.4 is 9.47 Å². The molecule has 0 bridgehead atoms. The molecule has 0 amide bonds. The summed E-state index contributed by atoms with van der Waals surface area (Å²) in [4.78, 5) is 2.52. The molecule has 0 saturated carbocycles. The Morgan fingerprint density at radius 1 is 1.26 bits per heavy atom. The molecule has 1 aromatic carbocycles. The lowest BCUT2D eigenvalue weighted by Gasteiger charge is -2.34. The number of nitrogens with zero attached hydrogens (tertiary/aromatic N) is 1. The summed E-state index contributed by atoms with van der Waals surface area (Å²) in [5, 5.41) is 1.06. The van der Waals surface area contributed by atoms with Crippen molar-refractivity contribution in [3.63, 3.8) is 0 Å². The molecule has 1 heterocycles. The van der Waals surface area contributed by atoms with Gasteiger partial charge in [0.05, 0.1) is 7.11 Å². The molecule has 0 spiro atoms. The van der Waals surface area contributed by atoms with Crippen molar-refractivity contribution >= 4 is 15.9 Å². The summed E-state index contributed by atoms with van der Waals surface area (Å²) < 4.78 is 11.1. The van der Waals surface area contributed by atoms with Crippen LogP contribution in [0.2, 0.25) is 0 Å². The van der Waals surface area contributed by atoms with Crippen LogP contribution in [0.1, 0.15) is 19.3 Å². The van der Waals surface area contributed by atoms with E-state index in [9.17, 15) is 0 Å². The zero-order chi connectivity index (χ0) is 13.5. The van der Waals surface area contributed by atoms with E-state index >= 15 is 0 Å². The summed E-state index contributed by atoms with van der Waals surface area (Å²) in [7, 11) is 1.67. The molecule has 19 heavy (non-hydrogen) atoms. The number of piperidine rings is 1. The third kappa shape index (κ3) is 4.11. The summed E-state index contributed by atoms with van der Waals surface area (Å²) in [5.74, 6) is 1.63. The lowest BCUT2D eigenvalue weighted by Crippen LogP contribution is -2.42. The van der Waals surface area contributed by atoms with Gasteiger partial charge < -0.3 is 9.47 Å². The minimum absolute atomic E-state index is 0.662. The van der Waals surface area contributed by atoms with E-state index in [-0.39, 0.29) is 0 Å². The number of hydrogen-bond donors (Lipinski definition) is 0. The van der Waals surface area contributed by atoms with E-state index in [1.54, 1.807) is 7.11 Å². The number of hydrogen-bond acceptors (Lipinski definition) is 3. The third-order valence-corrected chi connectivity index (χ3v) is 4.38. The Morgan fingerprint density at radius 2 is 2.05 bits per heavy atom. The SMILES string of the molecule is COc1ccccc1OCCN1CCCCC1CBr. The van der Waals surface area contributed by atoms with Crippen LogP contribution in [0, 0.1) is 0 Å². The first-order valence-corrected chi connectivity index (χ1v) is 8.03. The Hall–Kier alpha value is -0.740. The van der Waals surface area contributed by atoms with Gasteiger partial charge in [0.15, 0.2) is 11.5 Å². The van der Waals surface area contributed by atoms with Crippen molar-refractivity contribution in [1.29, 1.82) is 0 Å². The van der Waals surface area contributed by atoms with E-state index in [1.807, 2.05) is 24.3 Å². The van der Waals surface area contributed by atoms with Crippen LogP contribution in [0.25, 0.3) is 0 Å². The number of benzene rings is 1. The van der Waals surface area contributed by atoms with Crippen LogP contribution in [0.5, 0.6) is 11.5 Å². The van der Waals surface area contributed by atoms with E-state index in [0.29, 0.717) is 12.6 Å². The molecular weight excluding hydrogens is 306 g/mol. The van der Waals surface area contributed by atoms with Crippen molar-refractivity contribution < 1.29 is 9.47 Å². The average Bonchev–Trinajstić information content (AvgIpc) is 2.48. The van der Waals surface area contributed by atoms with Gasteiger partial charge in [0, 0.05) is 17.9 Å². The second kappa shape index (κ2) is 7.75. The molecular formula is C15H22BrNO2. The molecule has 0 aromatic heterocycles. The number of ether oxygens (including phenoxy) is 2. The monoisotopic (exact) mass is 327 g/mol. The van der Waals surface area contributed by atoms with Crippen LogP contribution >= 0.6 is 15.9 Å². The fraction of sp³-hybridized carbons (Fsp3) is 0.600. The second-order valence-electron chi connectivity index (χ2n) is 4.84. The summed E-state index contributed by atoms with van der Waals surface area (Å²) in [5.41, 5.74) is 0. The van der Waals surface area contributed by atoms with Crippen molar-refractivity contribution in [3.8, 4) is 11.5 Å². The highest BCUT2D eigenvalue weighted by molar-refractivity contribution is 9.09. The number of para-hydroxylation sites is 2. The second-order valence-corrected chi connectivity index (χ2v) is 5.49. The predicted molar refractivity (Wildman–Crippen MR) is 81.5 cm³/mol. The van der Waals surface area contributed by atoms with Crippen LogP contribution in [-0.2, 0) is 0 Å². The zero-order valence-electron chi connectivity index (χ0n) is 11.5. The van der Waals surface area contributed by atoms with Gasteiger partial charge in [0.25, 0.3) is 0 Å². The molecule has 1 aliphatic rings. The Morgan fingerprint density at radius 3 is 2.79 bits per heavy atom. The van der Waals surface area contributed by atoms with Gasteiger partial charge in [-0.3, -0.25) is 4.90 Å². The Bertz CT molecular complexity index is 386. The van der Waals surface area contributed by atoms with Gasteiger partial charge in [-0.05, 0) is 31.5 Å². The smallest absolute Gasteiger partial charge is 0.161 e. The quantitative estimate of drug-likeness (QED) is 0.748. The van der Waals surface area contributed by atoms with Gasteiger partial charge in [-0.15, -0.1) is 0 Å². The highest BCUT2D eigenvalue weighted by Gasteiger charge is 2.20. The fourth-order valence-electron chi connectivity index (χ4n) is 2.54. The standard InChI is InChI=1S/C15H22BrNO2/c1-18-14-7-2-3-8-15(14)19-11-10-17-9-5-4-6-13(17)12-16/h2-3,7-8,13H,4-6,9-12H2,1H3. The highest BCUT2D eigenvalue weighted by Crippen LogP contribution is 2.26. The number of rotatable bonds is 6. The van der Waals surface area contributed by atoms with Gasteiger partial charge in [0.1, 0.15) is 6.61 Å². The van der Waals surface area contributed by atoms with E-state index in [1.165, 1.54) is 25.8 Å². The highest BCUT2D eigenvalue weighted by atomic mass is 79.9. The summed E-state index contributed by atoms with van der Waals surface area (Å²) >= 11 is 3.61. The van der Waals surface area contributed by atoms with Crippen molar-refractivity contribution in [2.24, 2.45) is 0 Å². The Kier molecular flexibility index (Phi) is 5.98. The van der Waals surface area contributed by atoms with E-state index in [2.05, 4.69) is 20.8 Å². The van der Waals surface area contributed by atoms with Crippen molar-refractivity contribution in [3.05, 3.63) is 24.3 Å². The van der Waals surface area contributed by atoms with Gasteiger partial charge >= 0.3 is 0 Å². The largest absolute Gasteiger partial charge is 0.493 e. The zero-order valence-corrected chi connectivity index (χ0v) is 13.1. The molecule has 1 saturated heterocycles. The Labute approximate surface area is 124 Å². The summed E-state index contributed by atoms with van der Waals surface area (Å²) in [6.45, 7) is 2.88. The molecule has 1 fully saturated rings. The topological polar surface area (TPSA) is 21.7 Å². The normalized spacial score (nSPS) is 20.2. The maximum Gasteiger partial charge on any atom is 0.161 e. The first-order valence-electron chi connectivity index (χ1n) is 6.91. The van der Waals surface area contributed by atoms with Gasteiger partial charge in [0.2, 0.25) is 0 Å². The minimum atomic E-state index is 0.662. The van der Waals surface area contributed by atoms with E-state index < -0.39 is 0 Å². The van der Waals surface area contributed by atoms with Gasteiger partial charge in [-0.25, -0.2) is 0 Å². The van der Waals surface area contributed by atoms with Crippen LogP contribution in [0.4, 0.5) is 0 Å². The van der Waals surface area contributed by atoms with Crippen molar-refractivity contribution in [2.45, 2.75) is 25.3 Å². The molecule has 4 heteroatoms. The fourth-order valence-corrected chi connectivity index (χ4v) is 3.27. The molecule has 0 radical (unpaired) electrons. The van der Waals surface area contributed by atoms with Crippen molar-refractivity contribution in [1.82, 2.24) is 4.90 Å². The molecule has 0 aliphatic carbocycles. The molecule has 106 valence electrons. The van der Waals surface area contributed by atoms with Crippen LogP contribution in [-0.4, -0.2) is 43.1 Å². The maximum absolute atomic E-state index is 5.84. The molecule has 0 N–H and O–H groups in total. The molecule has 1 aliphatic heterocycles. The van der Waals surface area contributed by atoms with E-state index in [4.69, 9.17) is 9.47 Å². The maximum atomic E-state index is 5.84. The predicted octanol–water partition coefficient (Wildman–Crippen LogP) is 3.32. The Balaban J connectivity index is 1.82. The number of halogens is 1. The molecule has 1 atom stereocenters. The van der Waals surface area contributed by atoms with Crippen LogP contribution in [0.15, 0.2) is 24.3 Å². The van der Waals surface area contributed by atoms with E-state index in [0.717, 1.165) is 23.4 Å². The first-order chi connectivity index (χ1) is 9.35. The molecule has 3 nitrogen and oxygen atoms in total. The number of methoxy groups -OCH3 is 1.